The highest BCUT2D eigenvalue weighted by atomic mass is 16.1. The van der Waals surface area contributed by atoms with E-state index in [1.165, 1.54) is 0 Å². The maximum absolute atomic E-state index is 12.2. The number of Topliss-reactive ketones (excluding diaryl/α,β-unsaturated/α-hetero) is 1. The number of aromatic nitrogens is 2. The van der Waals surface area contributed by atoms with Gasteiger partial charge in [0.15, 0.2) is 5.78 Å². The maximum Gasteiger partial charge on any atom is 0.169 e. The Kier molecular flexibility index (Phi) is 3.32. The molecule has 1 atom stereocenters. The van der Waals surface area contributed by atoms with Crippen LogP contribution in [0.25, 0.3) is 0 Å². The van der Waals surface area contributed by atoms with Gasteiger partial charge in [0, 0.05) is 18.7 Å². The molecule has 15 heavy (non-hydrogen) atoms. The predicted octanol–water partition coefficient (Wildman–Crippen LogP) is 2.51. The van der Waals surface area contributed by atoms with Gasteiger partial charge in [-0.25, -0.2) is 0 Å². The number of rotatable bonds is 3. The summed E-state index contributed by atoms with van der Waals surface area (Å²) in [5.41, 5.74) is 2.61. The standard InChI is InChI=1S/C12H20N2O/c1-7(2)8(3)12(15)11-9(4)13-14(6)10(11)5/h7-8H,1-6H3. The third kappa shape index (κ3) is 2.11. The molecule has 0 amide bonds. The summed E-state index contributed by atoms with van der Waals surface area (Å²) < 4.78 is 1.77. The van der Waals surface area contributed by atoms with Gasteiger partial charge in [-0.1, -0.05) is 20.8 Å². The summed E-state index contributed by atoms with van der Waals surface area (Å²) in [5.74, 6) is 0.649. The Morgan fingerprint density at radius 3 is 2.13 bits per heavy atom. The van der Waals surface area contributed by atoms with Gasteiger partial charge in [-0.2, -0.15) is 5.10 Å². The first-order valence-corrected chi connectivity index (χ1v) is 5.40. The summed E-state index contributed by atoms with van der Waals surface area (Å²) in [6.45, 7) is 9.97. The molecule has 1 aromatic heterocycles. The number of hydrogen-bond donors (Lipinski definition) is 0. The van der Waals surface area contributed by atoms with Crippen LogP contribution in [0.15, 0.2) is 0 Å². The topological polar surface area (TPSA) is 34.9 Å². The van der Waals surface area contributed by atoms with Crippen molar-refractivity contribution in [3.05, 3.63) is 17.0 Å². The van der Waals surface area contributed by atoms with Crippen LogP contribution >= 0.6 is 0 Å². The summed E-state index contributed by atoms with van der Waals surface area (Å²) in [4.78, 5) is 12.2. The fourth-order valence-electron chi connectivity index (χ4n) is 1.66. The lowest BCUT2D eigenvalue weighted by molar-refractivity contribution is 0.0898. The third-order valence-corrected chi connectivity index (χ3v) is 3.17. The summed E-state index contributed by atoms with van der Waals surface area (Å²) in [5, 5.41) is 4.27. The van der Waals surface area contributed by atoms with Gasteiger partial charge in [-0.3, -0.25) is 9.48 Å². The van der Waals surface area contributed by atoms with Crippen molar-refractivity contribution in [2.75, 3.05) is 0 Å². The van der Waals surface area contributed by atoms with E-state index >= 15 is 0 Å². The lowest BCUT2D eigenvalue weighted by atomic mass is 9.89. The van der Waals surface area contributed by atoms with E-state index in [1.54, 1.807) is 4.68 Å². The minimum atomic E-state index is 0.0617. The van der Waals surface area contributed by atoms with E-state index in [-0.39, 0.29) is 11.7 Å². The van der Waals surface area contributed by atoms with Crippen LogP contribution in [0, 0.1) is 25.7 Å². The minimum absolute atomic E-state index is 0.0617. The Morgan fingerprint density at radius 2 is 1.80 bits per heavy atom. The summed E-state index contributed by atoms with van der Waals surface area (Å²) in [7, 11) is 1.87. The van der Waals surface area contributed by atoms with Crippen molar-refractivity contribution in [3.63, 3.8) is 0 Å². The van der Waals surface area contributed by atoms with Gasteiger partial charge in [0.25, 0.3) is 0 Å². The Hall–Kier alpha value is -1.12. The number of ketones is 1. The quantitative estimate of drug-likeness (QED) is 0.715. The number of nitrogens with zero attached hydrogens (tertiary/aromatic N) is 2. The molecule has 3 nitrogen and oxygen atoms in total. The second kappa shape index (κ2) is 4.17. The van der Waals surface area contributed by atoms with Crippen LogP contribution in [0.4, 0.5) is 0 Å². The summed E-state index contributed by atoms with van der Waals surface area (Å²) in [6, 6.07) is 0. The van der Waals surface area contributed by atoms with E-state index in [1.807, 2.05) is 27.8 Å². The van der Waals surface area contributed by atoms with Crippen LogP contribution in [0.2, 0.25) is 0 Å². The van der Waals surface area contributed by atoms with Crippen molar-refractivity contribution in [3.8, 4) is 0 Å². The van der Waals surface area contributed by atoms with Crippen LogP contribution in [-0.4, -0.2) is 15.6 Å². The fourth-order valence-corrected chi connectivity index (χ4v) is 1.66. The van der Waals surface area contributed by atoms with Crippen molar-refractivity contribution in [1.29, 1.82) is 0 Å². The van der Waals surface area contributed by atoms with Gasteiger partial charge in [0.2, 0.25) is 0 Å². The molecule has 0 saturated carbocycles. The normalized spacial score (nSPS) is 13.3. The molecule has 0 aromatic carbocycles. The average molecular weight is 208 g/mol. The molecule has 0 aliphatic heterocycles. The molecular formula is C12H20N2O. The monoisotopic (exact) mass is 208 g/mol. The molecule has 0 radical (unpaired) electrons. The van der Waals surface area contributed by atoms with Crippen LogP contribution < -0.4 is 0 Å². The number of carbonyl (C=O) groups is 1. The largest absolute Gasteiger partial charge is 0.294 e. The van der Waals surface area contributed by atoms with Gasteiger partial charge < -0.3 is 0 Å². The number of hydrogen-bond acceptors (Lipinski definition) is 2. The molecule has 0 aliphatic carbocycles. The molecule has 0 bridgehead atoms. The Bertz CT molecular complexity index is 377. The third-order valence-electron chi connectivity index (χ3n) is 3.17. The summed E-state index contributed by atoms with van der Waals surface area (Å²) >= 11 is 0. The first-order chi connectivity index (χ1) is 6.86. The first kappa shape index (κ1) is 12.0. The average Bonchev–Trinajstić information content (AvgIpc) is 2.39. The molecular weight excluding hydrogens is 188 g/mol. The second-order valence-corrected chi connectivity index (χ2v) is 4.57. The highest BCUT2D eigenvalue weighted by Crippen LogP contribution is 2.21. The lowest BCUT2D eigenvalue weighted by Gasteiger charge is -2.14. The Morgan fingerprint density at radius 1 is 1.27 bits per heavy atom. The van der Waals surface area contributed by atoms with E-state index < -0.39 is 0 Å². The number of aryl methyl sites for hydroxylation is 2. The highest BCUT2D eigenvalue weighted by molar-refractivity contribution is 5.99. The first-order valence-electron chi connectivity index (χ1n) is 5.40. The molecule has 0 N–H and O–H groups in total. The zero-order chi connectivity index (χ0) is 11.7. The Balaban J connectivity index is 3.11. The van der Waals surface area contributed by atoms with Crippen LogP contribution in [0.1, 0.15) is 42.5 Å². The summed E-state index contributed by atoms with van der Waals surface area (Å²) in [6.07, 6.45) is 0. The predicted molar refractivity (Wildman–Crippen MR) is 61.0 cm³/mol. The minimum Gasteiger partial charge on any atom is -0.294 e. The zero-order valence-electron chi connectivity index (χ0n) is 10.5. The van der Waals surface area contributed by atoms with Gasteiger partial charge in [-0.05, 0) is 19.8 Å². The van der Waals surface area contributed by atoms with Crippen LogP contribution in [0.5, 0.6) is 0 Å². The van der Waals surface area contributed by atoms with E-state index in [2.05, 4.69) is 18.9 Å². The zero-order valence-corrected chi connectivity index (χ0v) is 10.5. The molecule has 0 saturated heterocycles. The van der Waals surface area contributed by atoms with Gasteiger partial charge in [0.05, 0.1) is 11.3 Å². The molecule has 1 aromatic rings. The van der Waals surface area contributed by atoms with Crippen LogP contribution in [-0.2, 0) is 7.05 Å². The lowest BCUT2D eigenvalue weighted by Crippen LogP contribution is -2.18. The van der Waals surface area contributed by atoms with Crippen molar-refractivity contribution < 1.29 is 4.79 Å². The number of carbonyl (C=O) groups excluding carboxylic acids is 1. The van der Waals surface area contributed by atoms with E-state index in [0.29, 0.717) is 5.92 Å². The van der Waals surface area contributed by atoms with Crippen molar-refractivity contribution in [2.45, 2.75) is 34.6 Å². The van der Waals surface area contributed by atoms with E-state index in [0.717, 1.165) is 17.0 Å². The van der Waals surface area contributed by atoms with Gasteiger partial charge in [-0.15, -0.1) is 0 Å². The van der Waals surface area contributed by atoms with Gasteiger partial charge in [0.1, 0.15) is 0 Å². The molecule has 0 fully saturated rings. The molecule has 3 heteroatoms. The molecule has 84 valence electrons. The van der Waals surface area contributed by atoms with Crippen LogP contribution in [0.3, 0.4) is 0 Å². The molecule has 0 spiro atoms. The molecule has 1 unspecified atom stereocenters. The van der Waals surface area contributed by atoms with E-state index in [9.17, 15) is 4.79 Å². The van der Waals surface area contributed by atoms with Crippen molar-refractivity contribution in [2.24, 2.45) is 18.9 Å². The molecule has 0 aliphatic rings. The maximum atomic E-state index is 12.2. The molecule has 1 rings (SSSR count). The van der Waals surface area contributed by atoms with Gasteiger partial charge >= 0.3 is 0 Å². The van der Waals surface area contributed by atoms with E-state index in [4.69, 9.17) is 0 Å². The second-order valence-electron chi connectivity index (χ2n) is 4.57. The fraction of sp³-hybridized carbons (Fsp3) is 0.667. The van der Waals surface area contributed by atoms with Crippen molar-refractivity contribution >= 4 is 5.78 Å². The Labute approximate surface area is 91.5 Å². The SMILES string of the molecule is Cc1nn(C)c(C)c1C(=O)C(C)C(C)C. The van der Waals surface area contributed by atoms with Crippen molar-refractivity contribution in [1.82, 2.24) is 9.78 Å². The highest BCUT2D eigenvalue weighted by Gasteiger charge is 2.24. The smallest absolute Gasteiger partial charge is 0.169 e. The molecule has 1 heterocycles.